The van der Waals surface area contributed by atoms with Gasteiger partial charge in [0.25, 0.3) is 0 Å². The molecule has 3 aromatic rings. The second-order valence-corrected chi connectivity index (χ2v) is 6.74. The van der Waals surface area contributed by atoms with Gasteiger partial charge in [-0.3, -0.25) is 9.78 Å². The Balaban J connectivity index is 1.80. The van der Waals surface area contributed by atoms with Gasteiger partial charge in [0.05, 0.1) is 17.8 Å². The van der Waals surface area contributed by atoms with Crippen LogP contribution in [0.5, 0.6) is 0 Å². The maximum absolute atomic E-state index is 13.0. The Hall–Kier alpha value is -2.95. The number of amides is 1. The van der Waals surface area contributed by atoms with E-state index in [4.69, 9.17) is 0 Å². The van der Waals surface area contributed by atoms with Gasteiger partial charge in [0.1, 0.15) is 0 Å². The molecule has 0 unspecified atom stereocenters. The van der Waals surface area contributed by atoms with Gasteiger partial charge in [-0.15, -0.1) is 0 Å². The van der Waals surface area contributed by atoms with Crippen molar-refractivity contribution in [3.63, 3.8) is 0 Å². The van der Waals surface area contributed by atoms with E-state index in [1.54, 1.807) is 12.4 Å². The number of pyridine rings is 1. The summed E-state index contributed by atoms with van der Waals surface area (Å²) in [4.78, 5) is 19.0. The van der Waals surface area contributed by atoms with Crippen molar-refractivity contribution in [1.29, 1.82) is 0 Å². The van der Waals surface area contributed by atoms with Gasteiger partial charge in [-0.2, -0.15) is 5.10 Å². The standard InChI is InChI=1S/C22H26N4O/c1-4-14-25(16-19-10-12-23-13-11-19)22(27)15-21-17(2)24-26(18(21)3)20-8-6-5-7-9-20/h5-13H,4,14-16H2,1-3H3. The summed E-state index contributed by atoms with van der Waals surface area (Å²) in [5.74, 6) is 0.132. The molecule has 1 amide bonds. The van der Waals surface area contributed by atoms with Crippen molar-refractivity contribution in [1.82, 2.24) is 19.7 Å². The van der Waals surface area contributed by atoms with E-state index in [1.807, 2.05) is 65.9 Å². The molecule has 0 aliphatic heterocycles. The van der Waals surface area contributed by atoms with Crippen LogP contribution in [0.1, 0.15) is 35.9 Å². The Bertz CT molecular complexity index is 887. The fourth-order valence-electron chi connectivity index (χ4n) is 3.28. The van der Waals surface area contributed by atoms with Crippen LogP contribution >= 0.6 is 0 Å². The van der Waals surface area contributed by atoms with Crippen molar-refractivity contribution in [2.45, 2.75) is 40.2 Å². The lowest BCUT2D eigenvalue weighted by atomic mass is 10.1. The predicted octanol–water partition coefficient (Wildman–Crippen LogP) is 3.87. The Labute approximate surface area is 160 Å². The van der Waals surface area contributed by atoms with Gasteiger partial charge < -0.3 is 4.90 Å². The van der Waals surface area contributed by atoms with E-state index in [9.17, 15) is 4.79 Å². The van der Waals surface area contributed by atoms with Crippen LogP contribution < -0.4 is 0 Å². The zero-order valence-corrected chi connectivity index (χ0v) is 16.2. The molecule has 0 spiro atoms. The molecule has 0 aliphatic carbocycles. The summed E-state index contributed by atoms with van der Waals surface area (Å²) in [7, 11) is 0. The fraction of sp³-hybridized carbons (Fsp3) is 0.318. The van der Waals surface area contributed by atoms with Gasteiger partial charge in [0.15, 0.2) is 0 Å². The average molecular weight is 362 g/mol. The summed E-state index contributed by atoms with van der Waals surface area (Å²) >= 11 is 0. The molecule has 0 N–H and O–H groups in total. The molecule has 0 saturated heterocycles. The minimum atomic E-state index is 0.132. The lowest BCUT2D eigenvalue weighted by Crippen LogP contribution is -2.32. The van der Waals surface area contributed by atoms with Crippen molar-refractivity contribution in [3.8, 4) is 5.69 Å². The Morgan fingerprint density at radius 2 is 1.78 bits per heavy atom. The Kier molecular flexibility index (Phi) is 6.01. The molecule has 27 heavy (non-hydrogen) atoms. The molecule has 5 heteroatoms. The van der Waals surface area contributed by atoms with Crippen molar-refractivity contribution < 1.29 is 4.79 Å². The van der Waals surface area contributed by atoms with Gasteiger partial charge >= 0.3 is 0 Å². The smallest absolute Gasteiger partial charge is 0.227 e. The predicted molar refractivity (Wildman–Crippen MR) is 107 cm³/mol. The molecule has 0 radical (unpaired) electrons. The first kappa shape index (κ1) is 18.8. The average Bonchev–Trinajstić information content (AvgIpc) is 2.97. The summed E-state index contributed by atoms with van der Waals surface area (Å²) < 4.78 is 1.92. The highest BCUT2D eigenvalue weighted by Crippen LogP contribution is 2.19. The van der Waals surface area contributed by atoms with Crippen LogP contribution in [-0.2, 0) is 17.8 Å². The minimum absolute atomic E-state index is 0.132. The summed E-state index contributed by atoms with van der Waals surface area (Å²) in [6.45, 7) is 7.45. The number of aryl methyl sites for hydroxylation is 1. The molecule has 140 valence electrons. The number of carbonyl (C=O) groups excluding carboxylic acids is 1. The van der Waals surface area contributed by atoms with Crippen LogP contribution in [0.15, 0.2) is 54.9 Å². The number of nitrogens with zero attached hydrogens (tertiary/aromatic N) is 4. The van der Waals surface area contributed by atoms with E-state index >= 15 is 0 Å². The van der Waals surface area contributed by atoms with E-state index in [0.717, 1.165) is 41.2 Å². The van der Waals surface area contributed by atoms with Crippen LogP contribution in [-0.4, -0.2) is 32.1 Å². The zero-order valence-electron chi connectivity index (χ0n) is 16.2. The minimum Gasteiger partial charge on any atom is -0.338 e. The third-order valence-electron chi connectivity index (χ3n) is 4.74. The van der Waals surface area contributed by atoms with Crippen molar-refractivity contribution in [2.75, 3.05) is 6.54 Å². The van der Waals surface area contributed by atoms with Crippen molar-refractivity contribution in [3.05, 3.63) is 77.4 Å². The van der Waals surface area contributed by atoms with Gasteiger partial charge in [0.2, 0.25) is 5.91 Å². The summed E-state index contributed by atoms with van der Waals surface area (Å²) in [5, 5.41) is 4.66. The third kappa shape index (κ3) is 4.42. The number of benzene rings is 1. The summed E-state index contributed by atoms with van der Waals surface area (Å²) in [5.41, 5.74) is 5.05. The third-order valence-corrected chi connectivity index (χ3v) is 4.74. The van der Waals surface area contributed by atoms with Gasteiger partial charge in [-0.1, -0.05) is 25.1 Å². The highest BCUT2D eigenvalue weighted by atomic mass is 16.2. The maximum Gasteiger partial charge on any atom is 0.227 e. The van der Waals surface area contributed by atoms with Gasteiger partial charge in [-0.05, 0) is 50.1 Å². The monoisotopic (exact) mass is 362 g/mol. The Morgan fingerprint density at radius 1 is 1.07 bits per heavy atom. The van der Waals surface area contributed by atoms with Crippen molar-refractivity contribution in [2.24, 2.45) is 0 Å². The SMILES string of the molecule is CCCN(Cc1ccncc1)C(=O)Cc1c(C)nn(-c2ccccc2)c1C. The maximum atomic E-state index is 13.0. The van der Waals surface area contributed by atoms with Crippen LogP contribution in [0.4, 0.5) is 0 Å². The van der Waals surface area contributed by atoms with Gasteiger partial charge in [-0.25, -0.2) is 4.68 Å². The normalized spacial score (nSPS) is 10.8. The first-order chi connectivity index (χ1) is 13.1. The fourth-order valence-corrected chi connectivity index (χ4v) is 3.28. The van der Waals surface area contributed by atoms with E-state index < -0.39 is 0 Å². The molecular formula is C22H26N4O. The quantitative estimate of drug-likeness (QED) is 0.641. The largest absolute Gasteiger partial charge is 0.338 e. The number of para-hydroxylation sites is 1. The Morgan fingerprint density at radius 3 is 2.44 bits per heavy atom. The number of rotatable bonds is 7. The highest BCUT2D eigenvalue weighted by Gasteiger charge is 2.20. The molecule has 0 saturated carbocycles. The van der Waals surface area contributed by atoms with Crippen LogP contribution in [0, 0.1) is 13.8 Å². The van der Waals surface area contributed by atoms with Crippen LogP contribution in [0.2, 0.25) is 0 Å². The molecule has 0 atom stereocenters. The molecule has 2 heterocycles. The first-order valence-electron chi connectivity index (χ1n) is 9.37. The molecule has 5 nitrogen and oxygen atoms in total. The number of hydrogen-bond donors (Lipinski definition) is 0. The van der Waals surface area contributed by atoms with E-state index in [-0.39, 0.29) is 5.91 Å². The lowest BCUT2D eigenvalue weighted by Gasteiger charge is -2.22. The van der Waals surface area contributed by atoms with E-state index in [2.05, 4.69) is 17.0 Å². The second kappa shape index (κ2) is 8.62. The molecule has 0 aliphatic rings. The molecule has 2 aromatic heterocycles. The molecule has 3 rings (SSSR count). The molecule has 1 aromatic carbocycles. The van der Waals surface area contributed by atoms with Crippen LogP contribution in [0.3, 0.4) is 0 Å². The summed E-state index contributed by atoms with van der Waals surface area (Å²) in [6.07, 6.45) is 4.83. The van der Waals surface area contributed by atoms with E-state index in [1.165, 1.54) is 0 Å². The molecular weight excluding hydrogens is 336 g/mol. The highest BCUT2D eigenvalue weighted by molar-refractivity contribution is 5.79. The van der Waals surface area contributed by atoms with Gasteiger partial charge in [0, 0.05) is 36.7 Å². The number of carbonyl (C=O) groups is 1. The lowest BCUT2D eigenvalue weighted by molar-refractivity contribution is -0.131. The topological polar surface area (TPSA) is 51.0 Å². The van der Waals surface area contributed by atoms with Crippen molar-refractivity contribution >= 4 is 5.91 Å². The van der Waals surface area contributed by atoms with E-state index in [0.29, 0.717) is 13.0 Å². The molecule has 0 bridgehead atoms. The second-order valence-electron chi connectivity index (χ2n) is 6.74. The number of hydrogen-bond acceptors (Lipinski definition) is 3. The molecule has 0 fully saturated rings. The van der Waals surface area contributed by atoms with Crippen LogP contribution in [0.25, 0.3) is 5.69 Å². The summed E-state index contributed by atoms with van der Waals surface area (Å²) in [6, 6.07) is 13.9. The zero-order chi connectivity index (χ0) is 19.2. The number of aromatic nitrogens is 3. The first-order valence-corrected chi connectivity index (χ1v) is 9.37.